The largest absolute Gasteiger partial charge is 0.348 e. The fourth-order valence-electron chi connectivity index (χ4n) is 3.30. The zero-order valence-corrected chi connectivity index (χ0v) is 16.8. The lowest BCUT2D eigenvalue weighted by Gasteiger charge is -2.34. The third kappa shape index (κ3) is 4.63. The molecule has 1 saturated heterocycles. The number of piperazine rings is 1. The summed E-state index contributed by atoms with van der Waals surface area (Å²) in [6, 6.07) is 16.6. The fraction of sp³-hybridized carbons (Fsp3) is 0.227. The lowest BCUT2D eigenvalue weighted by atomic mass is 10.1. The predicted octanol–water partition coefficient (Wildman–Crippen LogP) is 3.04. The molecule has 1 N–H and O–H groups in total. The number of anilines is 1. The minimum Gasteiger partial charge on any atom is -0.348 e. The summed E-state index contributed by atoms with van der Waals surface area (Å²) >= 11 is 1.62. The average Bonchev–Trinajstić information content (AvgIpc) is 3.33. The summed E-state index contributed by atoms with van der Waals surface area (Å²) in [5.74, 6) is -0.148. The van der Waals surface area contributed by atoms with Gasteiger partial charge in [0.05, 0.1) is 0 Å². The van der Waals surface area contributed by atoms with E-state index in [1.807, 2.05) is 40.6 Å². The molecule has 4 rings (SSSR count). The Hall–Kier alpha value is -3.19. The van der Waals surface area contributed by atoms with E-state index < -0.39 is 0 Å². The molecule has 148 valence electrons. The van der Waals surface area contributed by atoms with Gasteiger partial charge in [0.15, 0.2) is 5.13 Å². The van der Waals surface area contributed by atoms with Crippen molar-refractivity contribution in [2.24, 2.45) is 0 Å². The summed E-state index contributed by atoms with van der Waals surface area (Å²) in [6.45, 7) is 3.36. The van der Waals surface area contributed by atoms with E-state index in [0.717, 1.165) is 23.8 Å². The highest BCUT2D eigenvalue weighted by atomic mass is 32.1. The lowest BCUT2D eigenvalue weighted by Crippen LogP contribution is -2.48. The van der Waals surface area contributed by atoms with Crippen LogP contribution in [-0.2, 0) is 6.54 Å². The molecular formula is C22H22N4O2S. The van der Waals surface area contributed by atoms with Crippen LogP contribution in [-0.4, -0.2) is 47.9 Å². The van der Waals surface area contributed by atoms with Gasteiger partial charge in [0, 0.05) is 55.4 Å². The molecule has 0 spiro atoms. The van der Waals surface area contributed by atoms with Crippen molar-refractivity contribution in [2.75, 3.05) is 31.1 Å². The Morgan fingerprint density at radius 2 is 1.62 bits per heavy atom. The maximum Gasteiger partial charge on any atom is 0.253 e. The maximum absolute atomic E-state index is 12.8. The van der Waals surface area contributed by atoms with E-state index in [4.69, 9.17) is 0 Å². The summed E-state index contributed by atoms with van der Waals surface area (Å²) in [5.41, 5.74) is 2.20. The summed E-state index contributed by atoms with van der Waals surface area (Å²) in [4.78, 5) is 33.5. The van der Waals surface area contributed by atoms with Crippen molar-refractivity contribution in [1.82, 2.24) is 15.2 Å². The third-order valence-corrected chi connectivity index (χ3v) is 5.78. The molecular weight excluding hydrogens is 384 g/mol. The van der Waals surface area contributed by atoms with Crippen LogP contribution in [0.4, 0.5) is 5.13 Å². The second-order valence-electron chi connectivity index (χ2n) is 6.84. The van der Waals surface area contributed by atoms with Crippen LogP contribution in [0.1, 0.15) is 26.3 Å². The number of carbonyl (C=O) groups excluding carboxylic acids is 2. The van der Waals surface area contributed by atoms with Gasteiger partial charge in [-0.3, -0.25) is 9.59 Å². The van der Waals surface area contributed by atoms with Crippen LogP contribution in [0.5, 0.6) is 0 Å². The van der Waals surface area contributed by atoms with Crippen LogP contribution in [0, 0.1) is 0 Å². The normalized spacial score (nSPS) is 13.9. The van der Waals surface area contributed by atoms with Crippen molar-refractivity contribution < 1.29 is 9.59 Å². The van der Waals surface area contributed by atoms with Gasteiger partial charge < -0.3 is 15.1 Å². The molecule has 2 amide bonds. The van der Waals surface area contributed by atoms with E-state index in [2.05, 4.69) is 15.2 Å². The first-order chi connectivity index (χ1) is 14.2. The molecule has 2 heterocycles. The Morgan fingerprint density at radius 1 is 0.931 bits per heavy atom. The number of benzene rings is 2. The molecule has 7 heteroatoms. The number of aromatic nitrogens is 1. The van der Waals surface area contributed by atoms with Crippen LogP contribution >= 0.6 is 11.3 Å². The Bertz CT molecular complexity index is 950. The first kappa shape index (κ1) is 19.1. The van der Waals surface area contributed by atoms with Gasteiger partial charge in [0.25, 0.3) is 11.8 Å². The van der Waals surface area contributed by atoms with Gasteiger partial charge in [-0.15, -0.1) is 11.3 Å². The monoisotopic (exact) mass is 406 g/mol. The predicted molar refractivity (Wildman–Crippen MR) is 114 cm³/mol. The summed E-state index contributed by atoms with van der Waals surface area (Å²) in [5, 5.41) is 5.87. The molecule has 1 fully saturated rings. The van der Waals surface area contributed by atoms with Crippen LogP contribution in [0.25, 0.3) is 0 Å². The van der Waals surface area contributed by atoms with E-state index in [0.29, 0.717) is 30.8 Å². The number of carbonyl (C=O) groups is 2. The van der Waals surface area contributed by atoms with Gasteiger partial charge >= 0.3 is 0 Å². The molecule has 1 aliphatic heterocycles. The average molecular weight is 407 g/mol. The number of hydrogen-bond acceptors (Lipinski definition) is 5. The summed E-state index contributed by atoms with van der Waals surface area (Å²) < 4.78 is 0. The molecule has 3 aromatic rings. The van der Waals surface area contributed by atoms with E-state index >= 15 is 0 Å². The Morgan fingerprint density at radius 3 is 2.28 bits per heavy atom. The lowest BCUT2D eigenvalue weighted by molar-refractivity contribution is 0.0746. The summed E-state index contributed by atoms with van der Waals surface area (Å²) in [6.07, 6.45) is 1.80. The number of thiazole rings is 1. The second kappa shape index (κ2) is 8.87. The van der Waals surface area contributed by atoms with Crippen molar-refractivity contribution >= 4 is 28.3 Å². The highest BCUT2D eigenvalue weighted by molar-refractivity contribution is 7.13. The number of nitrogens with zero attached hydrogens (tertiary/aromatic N) is 3. The number of amides is 2. The first-order valence-electron chi connectivity index (χ1n) is 9.56. The molecule has 0 unspecified atom stereocenters. The van der Waals surface area contributed by atoms with Crippen molar-refractivity contribution in [2.45, 2.75) is 6.54 Å². The second-order valence-corrected chi connectivity index (χ2v) is 7.71. The summed E-state index contributed by atoms with van der Waals surface area (Å²) in [7, 11) is 0. The van der Waals surface area contributed by atoms with Gasteiger partial charge in [0.1, 0.15) is 0 Å². The van der Waals surface area contributed by atoms with Crippen LogP contribution < -0.4 is 10.2 Å². The molecule has 1 aromatic heterocycles. The van der Waals surface area contributed by atoms with Crippen molar-refractivity contribution in [1.29, 1.82) is 0 Å². The van der Waals surface area contributed by atoms with Crippen LogP contribution in [0.3, 0.4) is 0 Å². The molecule has 0 bridgehead atoms. The van der Waals surface area contributed by atoms with Gasteiger partial charge in [0.2, 0.25) is 0 Å². The smallest absolute Gasteiger partial charge is 0.253 e. The number of hydrogen-bond donors (Lipinski definition) is 1. The molecule has 0 saturated carbocycles. The minimum absolute atomic E-state index is 0.0000301. The molecule has 1 aliphatic rings. The Kier molecular flexibility index (Phi) is 5.86. The van der Waals surface area contributed by atoms with Gasteiger partial charge in [-0.1, -0.05) is 30.3 Å². The van der Waals surface area contributed by atoms with Crippen LogP contribution in [0.2, 0.25) is 0 Å². The Labute approximate surface area is 173 Å². The van der Waals surface area contributed by atoms with E-state index in [-0.39, 0.29) is 11.8 Å². The van der Waals surface area contributed by atoms with Gasteiger partial charge in [-0.2, -0.15) is 0 Å². The molecule has 29 heavy (non-hydrogen) atoms. The highest BCUT2D eigenvalue weighted by Gasteiger charge is 2.23. The zero-order valence-electron chi connectivity index (χ0n) is 16.0. The molecule has 0 radical (unpaired) electrons. The minimum atomic E-state index is -0.148. The van der Waals surface area contributed by atoms with Crippen molar-refractivity contribution in [3.8, 4) is 0 Å². The molecule has 0 aliphatic carbocycles. The Balaban J connectivity index is 1.31. The van der Waals surface area contributed by atoms with E-state index in [1.54, 1.807) is 41.8 Å². The quantitative estimate of drug-likeness (QED) is 0.707. The van der Waals surface area contributed by atoms with Gasteiger partial charge in [-0.25, -0.2) is 4.98 Å². The number of rotatable bonds is 5. The highest BCUT2D eigenvalue weighted by Crippen LogP contribution is 2.19. The first-order valence-corrected chi connectivity index (χ1v) is 10.4. The molecule has 6 nitrogen and oxygen atoms in total. The maximum atomic E-state index is 12.8. The van der Waals surface area contributed by atoms with Gasteiger partial charge in [-0.05, 0) is 29.8 Å². The van der Waals surface area contributed by atoms with Crippen molar-refractivity contribution in [3.63, 3.8) is 0 Å². The van der Waals surface area contributed by atoms with Crippen molar-refractivity contribution in [3.05, 3.63) is 82.9 Å². The third-order valence-electron chi connectivity index (χ3n) is 4.95. The zero-order chi connectivity index (χ0) is 20.1. The van der Waals surface area contributed by atoms with E-state index in [9.17, 15) is 9.59 Å². The van der Waals surface area contributed by atoms with E-state index in [1.165, 1.54) is 0 Å². The molecule has 0 atom stereocenters. The topological polar surface area (TPSA) is 65.5 Å². The fourth-order valence-corrected chi connectivity index (χ4v) is 4.00. The van der Waals surface area contributed by atoms with Crippen LogP contribution in [0.15, 0.2) is 66.2 Å². The standard InChI is InChI=1S/C22H22N4O2S/c27-20(24-16-17-4-2-1-3-5-17)18-6-8-19(9-7-18)21(28)25-11-13-26(14-12-25)22-23-10-15-29-22/h1-10,15H,11-14,16H2,(H,24,27). The SMILES string of the molecule is O=C(NCc1ccccc1)c1ccc(C(=O)N2CCN(c3nccs3)CC2)cc1. The molecule has 2 aromatic carbocycles. The number of nitrogens with one attached hydrogen (secondary N) is 1.